The number of hydrogen-bond donors (Lipinski definition) is 0. The van der Waals surface area contributed by atoms with Crippen molar-refractivity contribution < 1.29 is 0 Å². The highest BCUT2D eigenvalue weighted by molar-refractivity contribution is 7.27. The molecule has 11 rings (SSSR count). The molecule has 3 heterocycles. The summed E-state index contributed by atoms with van der Waals surface area (Å²) in [5.74, 6) is 0.292. The van der Waals surface area contributed by atoms with E-state index >= 15 is 0 Å². The second kappa shape index (κ2) is 9.45. The van der Waals surface area contributed by atoms with E-state index in [0.717, 1.165) is 0 Å². The Morgan fingerprint density at radius 3 is 2.15 bits per heavy atom. The van der Waals surface area contributed by atoms with Gasteiger partial charge < -0.3 is 9.47 Å². The highest BCUT2D eigenvalue weighted by atomic mass is 32.1. The van der Waals surface area contributed by atoms with Gasteiger partial charge in [-0.15, -0.1) is 11.3 Å². The molecule has 2 aromatic heterocycles. The third-order valence-electron chi connectivity index (χ3n) is 10.5. The number of nitrogens with zero attached hydrogens (tertiary/aromatic N) is 2. The normalized spacial score (nSPS) is 17.1. The van der Waals surface area contributed by atoms with Crippen molar-refractivity contribution in [2.45, 2.75) is 12.0 Å². The van der Waals surface area contributed by atoms with Gasteiger partial charge in [-0.2, -0.15) is 0 Å². The van der Waals surface area contributed by atoms with Gasteiger partial charge in [0.1, 0.15) is 0 Å². The first-order valence-electron chi connectivity index (χ1n) is 16.4. The van der Waals surface area contributed by atoms with Crippen LogP contribution in [0.3, 0.4) is 0 Å². The van der Waals surface area contributed by atoms with Gasteiger partial charge in [-0.1, -0.05) is 121 Å². The Hall–Kier alpha value is -5.64. The van der Waals surface area contributed by atoms with Gasteiger partial charge >= 0.3 is 0 Å². The fourth-order valence-electron chi connectivity index (χ4n) is 8.52. The Morgan fingerprint density at radius 2 is 1.26 bits per heavy atom. The van der Waals surface area contributed by atoms with E-state index in [4.69, 9.17) is 0 Å². The lowest BCUT2D eigenvalue weighted by Gasteiger charge is -2.28. The molecule has 3 heteroatoms. The van der Waals surface area contributed by atoms with Gasteiger partial charge in [-0.25, -0.2) is 0 Å². The maximum Gasteiger partial charge on any atom is 0.0629 e. The Labute approximate surface area is 275 Å². The zero-order valence-electron chi connectivity index (χ0n) is 25.5. The second-order valence-electron chi connectivity index (χ2n) is 12.8. The maximum absolute atomic E-state index is 2.54. The second-order valence-corrected chi connectivity index (χ2v) is 13.8. The Kier molecular flexibility index (Phi) is 5.13. The molecule has 0 saturated heterocycles. The molecular weight excluding hydrogens is 589 g/mol. The van der Waals surface area contributed by atoms with Crippen LogP contribution in [0.1, 0.15) is 11.5 Å². The highest BCUT2D eigenvalue weighted by Crippen LogP contribution is 2.51. The molecule has 0 fully saturated rings. The first-order chi connectivity index (χ1) is 23.3. The van der Waals surface area contributed by atoms with E-state index in [1.807, 2.05) is 11.3 Å². The number of aromatic nitrogens is 1. The molecule has 1 aliphatic carbocycles. The van der Waals surface area contributed by atoms with Gasteiger partial charge in [0.05, 0.1) is 17.1 Å². The standard InChI is InChI=1S/C44H28N2S/c1-2-13-28(14-3-1)45-37-20-10-8-16-31(37)36-26-29(23-25-39(36)45)46-38-21-11-9-19-34(38)40-41-35-24-22-27-12-4-5-15-30(27)43(35)47-44(41)33-18-7-6-17-32(33)42(40)46/h1-26,31,37H. The summed E-state index contributed by atoms with van der Waals surface area (Å²) in [6.45, 7) is 0. The summed E-state index contributed by atoms with van der Waals surface area (Å²) < 4.78 is 5.28. The van der Waals surface area contributed by atoms with Crippen molar-refractivity contribution in [2.75, 3.05) is 4.90 Å². The molecular formula is C44H28N2S. The fraction of sp³-hybridized carbons (Fsp3) is 0.0455. The lowest BCUT2D eigenvalue weighted by atomic mass is 9.91. The molecule has 0 radical (unpaired) electrons. The number of fused-ring (bicyclic) bond motifs is 15. The molecule has 0 amide bonds. The summed E-state index contributed by atoms with van der Waals surface area (Å²) in [4.78, 5) is 2.51. The molecule has 47 heavy (non-hydrogen) atoms. The van der Waals surface area contributed by atoms with E-state index < -0.39 is 0 Å². The summed E-state index contributed by atoms with van der Waals surface area (Å²) in [5, 5.41) is 10.6. The Bertz CT molecular complexity index is 2820. The van der Waals surface area contributed by atoms with Crippen LogP contribution in [0, 0.1) is 0 Å². The monoisotopic (exact) mass is 616 g/mol. The molecule has 220 valence electrons. The van der Waals surface area contributed by atoms with E-state index in [1.165, 1.54) is 86.1 Å². The van der Waals surface area contributed by atoms with Crippen LogP contribution in [0.2, 0.25) is 0 Å². The minimum Gasteiger partial charge on any atom is -0.333 e. The van der Waals surface area contributed by atoms with Crippen molar-refractivity contribution in [3.05, 3.63) is 163 Å². The third kappa shape index (κ3) is 3.39. The summed E-state index contributed by atoms with van der Waals surface area (Å²) in [6.07, 6.45) is 9.14. The average molecular weight is 617 g/mol. The molecule has 2 nitrogen and oxygen atoms in total. The van der Waals surface area contributed by atoms with Gasteiger partial charge in [0.2, 0.25) is 0 Å². The molecule has 0 N–H and O–H groups in total. The van der Waals surface area contributed by atoms with Crippen LogP contribution in [0.25, 0.3) is 69.2 Å². The zero-order chi connectivity index (χ0) is 30.6. The zero-order valence-corrected chi connectivity index (χ0v) is 26.3. The van der Waals surface area contributed by atoms with E-state index in [1.54, 1.807) is 0 Å². The lowest BCUT2D eigenvalue weighted by Crippen LogP contribution is -2.28. The fourth-order valence-corrected chi connectivity index (χ4v) is 9.91. The topological polar surface area (TPSA) is 8.17 Å². The van der Waals surface area contributed by atoms with Crippen molar-refractivity contribution >= 4 is 86.2 Å². The number of anilines is 2. The molecule has 2 unspecified atom stereocenters. The van der Waals surface area contributed by atoms with E-state index in [9.17, 15) is 0 Å². The molecule has 0 saturated carbocycles. The average Bonchev–Trinajstić information content (AvgIpc) is 3.80. The van der Waals surface area contributed by atoms with Gasteiger partial charge in [-0.3, -0.25) is 0 Å². The smallest absolute Gasteiger partial charge is 0.0629 e. The van der Waals surface area contributed by atoms with Crippen LogP contribution >= 0.6 is 11.3 Å². The van der Waals surface area contributed by atoms with E-state index in [-0.39, 0.29) is 6.04 Å². The maximum atomic E-state index is 2.54. The number of thiophene rings is 1. The lowest BCUT2D eigenvalue weighted by molar-refractivity contribution is 0.744. The minimum absolute atomic E-state index is 0.262. The van der Waals surface area contributed by atoms with Crippen molar-refractivity contribution in [1.29, 1.82) is 0 Å². The van der Waals surface area contributed by atoms with Gasteiger partial charge in [0.15, 0.2) is 0 Å². The predicted molar refractivity (Wildman–Crippen MR) is 202 cm³/mol. The summed E-state index contributed by atoms with van der Waals surface area (Å²) >= 11 is 1.95. The van der Waals surface area contributed by atoms with Crippen LogP contribution in [-0.4, -0.2) is 10.6 Å². The van der Waals surface area contributed by atoms with Gasteiger partial charge in [-0.05, 0) is 52.7 Å². The van der Waals surface area contributed by atoms with Crippen molar-refractivity contribution in [2.24, 2.45) is 0 Å². The van der Waals surface area contributed by atoms with E-state index in [0.29, 0.717) is 5.92 Å². The SMILES string of the molecule is C1=CC2c3cc(-n4c5ccccc5c5c6c7ccc8ccccc8c7sc6c6ccccc6c54)ccc3N(c3ccccc3)C2C=C1. The Morgan fingerprint density at radius 1 is 0.511 bits per heavy atom. The van der Waals surface area contributed by atoms with Crippen LogP contribution in [0.15, 0.2) is 158 Å². The van der Waals surface area contributed by atoms with Crippen molar-refractivity contribution in [3.8, 4) is 5.69 Å². The molecule has 0 spiro atoms. The number of benzene rings is 7. The minimum atomic E-state index is 0.262. The molecule has 2 atom stereocenters. The van der Waals surface area contributed by atoms with Crippen LogP contribution < -0.4 is 4.90 Å². The highest BCUT2D eigenvalue weighted by Gasteiger charge is 2.37. The van der Waals surface area contributed by atoms with Crippen LogP contribution in [0.4, 0.5) is 11.4 Å². The van der Waals surface area contributed by atoms with Crippen molar-refractivity contribution in [1.82, 2.24) is 4.57 Å². The summed E-state index contributed by atoms with van der Waals surface area (Å²) in [7, 11) is 0. The summed E-state index contributed by atoms with van der Waals surface area (Å²) in [6, 6.07) is 49.7. The van der Waals surface area contributed by atoms with Gasteiger partial charge in [0.25, 0.3) is 0 Å². The predicted octanol–water partition coefficient (Wildman–Crippen LogP) is 12.2. The number of allylic oxidation sites excluding steroid dienone is 2. The molecule has 9 aromatic rings. The molecule has 2 aliphatic rings. The summed E-state index contributed by atoms with van der Waals surface area (Å²) in [5.41, 5.74) is 7.64. The first kappa shape index (κ1) is 25.5. The number of rotatable bonds is 2. The molecule has 1 aliphatic heterocycles. The van der Waals surface area contributed by atoms with Gasteiger partial charge in [0, 0.05) is 64.7 Å². The van der Waals surface area contributed by atoms with E-state index in [2.05, 4.69) is 167 Å². The molecule has 0 bridgehead atoms. The number of para-hydroxylation sites is 2. The van der Waals surface area contributed by atoms with Crippen LogP contribution in [0.5, 0.6) is 0 Å². The number of hydrogen-bond acceptors (Lipinski definition) is 2. The third-order valence-corrected chi connectivity index (χ3v) is 11.7. The van der Waals surface area contributed by atoms with Crippen LogP contribution in [-0.2, 0) is 0 Å². The Balaban J connectivity index is 1.27. The quantitative estimate of drug-likeness (QED) is 0.188. The first-order valence-corrected chi connectivity index (χ1v) is 17.2. The largest absolute Gasteiger partial charge is 0.333 e. The molecule has 7 aromatic carbocycles. The van der Waals surface area contributed by atoms with Crippen molar-refractivity contribution in [3.63, 3.8) is 0 Å².